The van der Waals surface area contributed by atoms with Gasteiger partial charge in [0.25, 0.3) is 0 Å². The van der Waals surface area contributed by atoms with Crippen LogP contribution in [0.2, 0.25) is 0 Å². The van der Waals surface area contributed by atoms with Crippen LogP contribution < -0.4 is 0 Å². The summed E-state index contributed by atoms with van der Waals surface area (Å²) in [6.45, 7) is 0. The number of carboxylic acids is 1. The summed E-state index contributed by atoms with van der Waals surface area (Å²) in [5.41, 5.74) is 1.22. The van der Waals surface area contributed by atoms with E-state index in [2.05, 4.69) is 42.1 Å². The van der Waals surface area contributed by atoms with E-state index in [1.165, 1.54) is 6.39 Å². The molecule has 0 aliphatic carbocycles. The third kappa shape index (κ3) is 4.78. The summed E-state index contributed by atoms with van der Waals surface area (Å²) >= 11 is 6.52. The van der Waals surface area contributed by atoms with Crippen LogP contribution in [0.15, 0.2) is 68.3 Å². The van der Waals surface area contributed by atoms with E-state index in [1.54, 1.807) is 24.3 Å². The second-order valence-corrected chi connectivity index (χ2v) is 5.90. The predicted octanol–water partition coefficient (Wildman–Crippen LogP) is 4.65. The molecule has 0 aliphatic rings. The van der Waals surface area contributed by atoms with Crippen molar-refractivity contribution in [2.24, 2.45) is 0 Å². The molecule has 0 saturated carbocycles. The normalized spacial score (nSPS) is 9.73. The molecule has 3 aromatic rings. The molecule has 0 unspecified atom stereocenters. The summed E-state index contributed by atoms with van der Waals surface area (Å²) < 4.78 is 6.81. The molecule has 22 heavy (non-hydrogen) atoms. The minimum atomic E-state index is -0.902. The van der Waals surface area contributed by atoms with Crippen molar-refractivity contribution >= 4 is 37.8 Å². The first kappa shape index (κ1) is 16.4. The summed E-state index contributed by atoms with van der Waals surface area (Å²) in [5, 5.41) is 15.9. The molecular weight excluding hydrogens is 416 g/mol. The number of aromatic carboxylic acids is 1. The molecule has 0 amide bonds. The van der Waals surface area contributed by atoms with Gasteiger partial charge in [0.05, 0.1) is 5.56 Å². The largest absolute Gasteiger partial charge is 0.478 e. The van der Waals surface area contributed by atoms with E-state index in [-0.39, 0.29) is 0 Å². The average Bonchev–Trinajstić information content (AvgIpc) is 3.02. The van der Waals surface area contributed by atoms with Crippen LogP contribution in [0.1, 0.15) is 10.4 Å². The lowest BCUT2D eigenvalue weighted by molar-refractivity contribution is 0.0697. The fourth-order valence-corrected chi connectivity index (χ4v) is 2.34. The molecule has 1 N–H and O–H groups in total. The Morgan fingerprint density at radius 1 is 1.05 bits per heavy atom. The minimum absolute atomic E-state index is 0.300. The Hall–Kier alpha value is -1.99. The highest BCUT2D eigenvalue weighted by molar-refractivity contribution is 9.10. The number of hydrogen-bond donors (Lipinski definition) is 1. The highest BCUT2D eigenvalue weighted by atomic mass is 79.9. The number of rotatable bonds is 2. The molecule has 5 nitrogen and oxygen atoms in total. The maximum absolute atomic E-state index is 10.3. The van der Waals surface area contributed by atoms with Gasteiger partial charge in [0.2, 0.25) is 12.3 Å². The summed E-state index contributed by atoms with van der Waals surface area (Å²) in [6.07, 6.45) is 1.32. The van der Waals surface area contributed by atoms with Gasteiger partial charge >= 0.3 is 5.97 Å². The third-order valence-electron chi connectivity index (χ3n) is 2.50. The van der Waals surface area contributed by atoms with Crippen LogP contribution in [-0.4, -0.2) is 21.3 Å². The Morgan fingerprint density at radius 3 is 2.23 bits per heavy atom. The zero-order valence-electron chi connectivity index (χ0n) is 11.1. The van der Waals surface area contributed by atoms with Gasteiger partial charge in [-0.25, -0.2) is 4.79 Å². The molecule has 0 aliphatic heterocycles. The van der Waals surface area contributed by atoms with Crippen molar-refractivity contribution in [3.05, 3.63) is 69.4 Å². The standard InChI is InChI=1S/C8H5BrN2O.C7H5BrO2/c9-7-3-1-2-6(4-7)8-11-10-5-12-8;8-6-3-1-2-5(4-6)7(9)10/h1-5H;1-4H,(H,9,10). The van der Waals surface area contributed by atoms with Crippen LogP contribution in [0, 0.1) is 0 Å². The van der Waals surface area contributed by atoms with Crippen LogP contribution in [0.3, 0.4) is 0 Å². The average molecular weight is 426 g/mol. The van der Waals surface area contributed by atoms with Crippen LogP contribution in [-0.2, 0) is 0 Å². The summed E-state index contributed by atoms with van der Waals surface area (Å²) in [5.74, 6) is -0.363. The number of aromatic nitrogens is 2. The SMILES string of the molecule is Brc1cccc(-c2nnco2)c1.O=C(O)c1cccc(Br)c1. The van der Waals surface area contributed by atoms with Crippen molar-refractivity contribution in [2.75, 3.05) is 0 Å². The van der Waals surface area contributed by atoms with Gasteiger partial charge in [-0.3, -0.25) is 0 Å². The molecule has 1 heterocycles. The molecule has 0 radical (unpaired) electrons. The second kappa shape index (κ2) is 7.86. The highest BCUT2D eigenvalue weighted by Crippen LogP contribution is 2.20. The van der Waals surface area contributed by atoms with Crippen LogP contribution in [0.25, 0.3) is 11.5 Å². The topological polar surface area (TPSA) is 76.2 Å². The summed E-state index contributed by atoms with van der Waals surface area (Å²) in [7, 11) is 0. The second-order valence-electron chi connectivity index (χ2n) is 4.07. The highest BCUT2D eigenvalue weighted by Gasteiger charge is 2.02. The van der Waals surface area contributed by atoms with Crippen molar-refractivity contribution < 1.29 is 14.3 Å². The molecule has 0 fully saturated rings. The zero-order valence-corrected chi connectivity index (χ0v) is 14.3. The van der Waals surface area contributed by atoms with Crippen molar-refractivity contribution in [3.8, 4) is 11.5 Å². The lowest BCUT2D eigenvalue weighted by atomic mass is 10.2. The van der Waals surface area contributed by atoms with Crippen LogP contribution >= 0.6 is 31.9 Å². The smallest absolute Gasteiger partial charge is 0.335 e. The van der Waals surface area contributed by atoms with Crippen LogP contribution in [0.5, 0.6) is 0 Å². The molecule has 7 heteroatoms. The molecule has 0 atom stereocenters. The molecule has 2 aromatic carbocycles. The van der Waals surface area contributed by atoms with Gasteiger partial charge in [0.15, 0.2) is 0 Å². The summed E-state index contributed by atoms with van der Waals surface area (Å²) in [6, 6.07) is 14.3. The van der Waals surface area contributed by atoms with Gasteiger partial charge < -0.3 is 9.52 Å². The fraction of sp³-hybridized carbons (Fsp3) is 0. The molecule has 1 aromatic heterocycles. The Labute approximate surface area is 143 Å². The Morgan fingerprint density at radius 2 is 1.73 bits per heavy atom. The third-order valence-corrected chi connectivity index (χ3v) is 3.49. The Bertz CT molecular complexity index is 761. The van der Waals surface area contributed by atoms with Crippen molar-refractivity contribution in [3.63, 3.8) is 0 Å². The van der Waals surface area contributed by atoms with Crippen molar-refractivity contribution in [1.82, 2.24) is 10.2 Å². The number of carboxylic acid groups (broad SMARTS) is 1. The van der Waals surface area contributed by atoms with Gasteiger partial charge in [-0.1, -0.05) is 44.0 Å². The Balaban J connectivity index is 0.000000164. The van der Waals surface area contributed by atoms with E-state index in [1.807, 2.05) is 24.3 Å². The van der Waals surface area contributed by atoms with E-state index >= 15 is 0 Å². The number of hydrogen-bond acceptors (Lipinski definition) is 4. The molecule has 112 valence electrons. The number of halogens is 2. The minimum Gasteiger partial charge on any atom is -0.478 e. The maximum Gasteiger partial charge on any atom is 0.335 e. The lowest BCUT2D eigenvalue weighted by Gasteiger charge is -1.93. The predicted molar refractivity (Wildman–Crippen MR) is 88.5 cm³/mol. The van der Waals surface area contributed by atoms with E-state index < -0.39 is 5.97 Å². The van der Waals surface area contributed by atoms with E-state index in [4.69, 9.17) is 9.52 Å². The first-order chi connectivity index (χ1) is 10.6. The fourth-order valence-electron chi connectivity index (χ4n) is 1.54. The lowest BCUT2D eigenvalue weighted by Crippen LogP contribution is -1.94. The van der Waals surface area contributed by atoms with Gasteiger partial charge in [-0.2, -0.15) is 0 Å². The first-order valence-electron chi connectivity index (χ1n) is 6.07. The summed E-state index contributed by atoms with van der Waals surface area (Å²) in [4.78, 5) is 10.3. The van der Waals surface area contributed by atoms with Crippen molar-refractivity contribution in [2.45, 2.75) is 0 Å². The molecule has 0 bridgehead atoms. The monoisotopic (exact) mass is 424 g/mol. The van der Waals surface area contributed by atoms with Crippen LogP contribution in [0.4, 0.5) is 0 Å². The molecule has 0 saturated heterocycles. The molecular formula is C15H10Br2N2O3. The van der Waals surface area contributed by atoms with E-state index in [0.29, 0.717) is 11.5 Å². The number of carbonyl (C=O) groups is 1. The number of benzene rings is 2. The first-order valence-corrected chi connectivity index (χ1v) is 7.66. The Kier molecular flexibility index (Phi) is 5.85. The van der Waals surface area contributed by atoms with E-state index in [9.17, 15) is 4.79 Å². The maximum atomic E-state index is 10.3. The zero-order chi connectivity index (χ0) is 15.9. The number of nitrogens with zero attached hydrogens (tertiary/aromatic N) is 2. The quantitative estimate of drug-likeness (QED) is 0.646. The van der Waals surface area contributed by atoms with E-state index in [0.717, 1.165) is 14.5 Å². The van der Waals surface area contributed by atoms with Gasteiger partial charge in [0, 0.05) is 14.5 Å². The van der Waals surface area contributed by atoms with Gasteiger partial charge in [-0.05, 0) is 36.4 Å². The van der Waals surface area contributed by atoms with Gasteiger partial charge in [-0.15, -0.1) is 10.2 Å². The van der Waals surface area contributed by atoms with Crippen molar-refractivity contribution in [1.29, 1.82) is 0 Å². The molecule has 3 rings (SSSR count). The molecule has 0 spiro atoms. The van der Waals surface area contributed by atoms with Gasteiger partial charge in [0.1, 0.15) is 0 Å².